The first-order valence-electron chi connectivity index (χ1n) is 7.70. The minimum atomic E-state index is -0.129. The van der Waals surface area contributed by atoms with Crippen LogP contribution >= 0.6 is 30.3 Å². The molecule has 0 saturated heterocycles. The molecule has 2 nitrogen and oxygen atoms in total. The van der Waals surface area contributed by atoms with E-state index in [4.69, 9.17) is 0 Å². The van der Waals surface area contributed by atoms with Crippen LogP contribution in [-0.4, -0.2) is 28.1 Å². The Morgan fingerprint density at radius 2 is 2.11 bits per heavy atom. The van der Waals surface area contributed by atoms with Gasteiger partial charge in [0.1, 0.15) is 0 Å². The first kappa shape index (κ1) is 16.1. The second-order valence-corrected chi connectivity index (χ2v) is 7.70. The third-order valence-electron chi connectivity index (χ3n) is 4.49. The molecule has 3 atom stereocenters. The van der Waals surface area contributed by atoms with E-state index in [0.717, 1.165) is 19.4 Å². The van der Waals surface area contributed by atoms with Gasteiger partial charge >= 0.3 is 0 Å². The van der Waals surface area contributed by atoms with Crippen LogP contribution in [0.3, 0.4) is 0 Å². The van der Waals surface area contributed by atoms with E-state index in [0.29, 0.717) is 12.0 Å². The second kappa shape index (κ2) is 8.25. The lowest BCUT2D eigenvalue weighted by Gasteiger charge is -2.25. The summed E-state index contributed by atoms with van der Waals surface area (Å²) < 4.78 is 2.49. The summed E-state index contributed by atoms with van der Waals surface area (Å²) in [4.78, 5) is 0. The quantitative estimate of drug-likeness (QED) is 0.423. The predicted molar refractivity (Wildman–Crippen MR) is 92.3 cm³/mol. The Morgan fingerprint density at radius 1 is 1.37 bits per heavy atom. The summed E-state index contributed by atoms with van der Waals surface area (Å²) in [6, 6.07) is 0.603. The summed E-state index contributed by atoms with van der Waals surface area (Å²) >= 11 is 2.40. The Balaban J connectivity index is 2.11. The van der Waals surface area contributed by atoms with Crippen molar-refractivity contribution in [2.24, 2.45) is 5.92 Å². The van der Waals surface area contributed by atoms with Gasteiger partial charge in [0.15, 0.2) is 0 Å². The third kappa shape index (κ3) is 4.35. The maximum Gasteiger partial charge on any atom is 0.0605 e. The Hall–Kier alpha value is 0.740. The SMILES string of the molecule is CCCC(O)C1CCCCCCC2C=C1CN2SI. The maximum absolute atomic E-state index is 10.5. The van der Waals surface area contributed by atoms with Crippen molar-refractivity contribution in [2.75, 3.05) is 6.54 Å². The highest BCUT2D eigenvalue weighted by Crippen LogP contribution is 2.38. The highest BCUT2D eigenvalue weighted by atomic mass is 127. The van der Waals surface area contributed by atoms with Gasteiger partial charge in [-0.2, -0.15) is 0 Å². The molecule has 2 rings (SSSR count). The molecule has 0 spiro atoms. The molecule has 1 heterocycles. The van der Waals surface area contributed by atoms with Crippen molar-refractivity contribution in [3.63, 3.8) is 0 Å². The number of halogens is 1. The first-order valence-corrected chi connectivity index (χ1v) is 11.0. The van der Waals surface area contributed by atoms with Crippen LogP contribution < -0.4 is 0 Å². The lowest BCUT2D eigenvalue weighted by Crippen LogP contribution is -2.25. The van der Waals surface area contributed by atoms with E-state index in [1.165, 1.54) is 44.1 Å². The van der Waals surface area contributed by atoms with Crippen molar-refractivity contribution in [3.05, 3.63) is 11.6 Å². The number of hydrogen-bond donors (Lipinski definition) is 1. The number of nitrogens with zero attached hydrogens (tertiary/aromatic N) is 1. The van der Waals surface area contributed by atoms with Gasteiger partial charge < -0.3 is 5.11 Å². The van der Waals surface area contributed by atoms with Gasteiger partial charge in [-0.05, 0) is 28.4 Å². The van der Waals surface area contributed by atoms with Crippen molar-refractivity contribution >= 4 is 30.3 Å². The van der Waals surface area contributed by atoms with Crippen LogP contribution in [0.4, 0.5) is 0 Å². The molecule has 2 aliphatic rings. The van der Waals surface area contributed by atoms with Crippen LogP contribution in [0.5, 0.6) is 0 Å². The molecular weight excluding hydrogens is 369 g/mol. The van der Waals surface area contributed by atoms with Gasteiger partial charge in [0.2, 0.25) is 0 Å². The number of aliphatic hydroxyl groups excluding tert-OH is 1. The Morgan fingerprint density at radius 3 is 2.79 bits per heavy atom. The van der Waals surface area contributed by atoms with E-state index in [-0.39, 0.29) is 6.10 Å². The maximum atomic E-state index is 10.5. The molecule has 110 valence electrons. The summed E-state index contributed by atoms with van der Waals surface area (Å²) in [5.74, 6) is 0.411. The zero-order chi connectivity index (χ0) is 13.7. The van der Waals surface area contributed by atoms with Gasteiger partial charge in [-0.15, -0.1) is 0 Å². The minimum absolute atomic E-state index is 0.129. The van der Waals surface area contributed by atoms with E-state index in [9.17, 15) is 5.11 Å². The highest BCUT2D eigenvalue weighted by Gasteiger charge is 2.32. The van der Waals surface area contributed by atoms with Crippen molar-refractivity contribution < 1.29 is 5.11 Å². The van der Waals surface area contributed by atoms with Gasteiger partial charge in [0, 0.05) is 39.7 Å². The van der Waals surface area contributed by atoms with E-state index in [1.807, 2.05) is 9.12 Å². The van der Waals surface area contributed by atoms with Gasteiger partial charge in [-0.1, -0.05) is 50.7 Å². The molecule has 19 heavy (non-hydrogen) atoms. The summed E-state index contributed by atoms with van der Waals surface area (Å²) in [7, 11) is 1.84. The molecule has 4 heteroatoms. The third-order valence-corrected chi connectivity index (χ3v) is 6.59. The van der Waals surface area contributed by atoms with Crippen LogP contribution in [0.2, 0.25) is 0 Å². The average molecular weight is 395 g/mol. The van der Waals surface area contributed by atoms with Gasteiger partial charge in [0.25, 0.3) is 0 Å². The van der Waals surface area contributed by atoms with E-state index < -0.39 is 0 Å². The lowest BCUT2D eigenvalue weighted by molar-refractivity contribution is 0.108. The molecule has 0 amide bonds. The van der Waals surface area contributed by atoms with Gasteiger partial charge in [-0.3, -0.25) is 0 Å². The summed E-state index contributed by atoms with van der Waals surface area (Å²) in [6.45, 7) is 3.23. The average Bonchev–Trinajstić information content (AvgIpc) is 2.80. The molecule has 1 aliphatic heterocycles. The smallest absolute Gasteiger partial charge is 0.0605 e. The Bertz CT molecular complexity index is 311. The lowest BCUT2D eigenvalue weighted by atomic mass is 9.85. The van der Waals surface area contributed by atoms with Crippen LogP contribution in [0.15, 0.2) is 11.6 Å². The summed E-state index contributed by atoms with van der Waals surface area (Å²) in [5.41, 5.74) is 1.51. The fourth-order valence-corrected chi connectivity index (χ4v) is 5.18. The first-order chi connectivity index (χ1) is 9.26. The molecule has 1 aliphatic carbocycles. The van der Waals surface area contributed by atoms with Crippen molar-refractivity contribution in [1.82, 2.24) is 4.31 Å². The van der Waals surface area contributed by atoms with Crippen molar-refractivity contribution in [1.29, 1.82) is 0 Å². The summed E-state index contributed by atoms with van der Waals surface area (Å²) in [5, 5.41) is 10.5. The highest BCUT2D eigenvalue weighted by molar-refractivity contribution is 14.2. The molecule has 1 N–H and O–H groups in total. The molecule has 0 aromatic carbocycles. The summed E-state index contributed by atoms with van der Waals surface area (Å²) in [6.07, 6.45) is 12.2. The van der Waals surface area contributed by atoms with Gasteiger partial charge in [0.05, 0.1) is 6.10 Å². The molecular formula is C15H26INOS. The number of rotatable bonds is 4. The molecule has 0 aromatic heterocycles. The van der Waals surface area contributed by atoms with Gasteiger partial charge in [-0.25, -0.2) is 4.31 Å². The molecule has 0 fully saturated rings. The van der Waals surface area contributed by atoms with Crippen molar-refractivity contribution in [2.45, 2.75) is 70.4 Å². The number of hydrogen-bond acceptors (Lipinski definition) is 3. The fourth-order valence-electron chi connectivity index (χ4n) is 3.42. The normalized spacial score (nSPS) is 31.0. The second-order valence-electron chi connectivity index (χ2n) is 5.91. The van der Waals surface area contributed by atoms with E-state index in [1.54, 1.807) is 0 Å². The standard InChI is InChI=1S/C15H26INOS/c1-2-7-15(18)14-9-6-4-3-5-8-13-10-12(14)11-17(13)19-16/h10,13-15,18H,2-9,11H2,1H3. The Labute approximate surface area is 134 Å². The monoisotopic (exact) mass is 395 g/mol. The molecule has 3 unspecified atom stereocenters. The molecule has 0 aromatic rings. The van der Waals surface area contributed by atoms with Crippen molar-refractivity contribution in [3.8, 4) is 0 Å². The van der Waals surface area contributed by atoms with E-state index in [2.05, 4.69) is 38.5 Å². The number of aliphatic hydroxyl groups is 1. The fraction of sp³-hybridized carbons (Fsp3) is 0.867. The zero-order valence-corrected chi connectivity index (χ0v) is 14.8. The molecule has 0 saturated carbocycles. The van der Waals surface area contributed by atoms with Crippen LogP contribution in [0.1, 0.15) is 58.3 Å². The minimum Gasteiger partial charge on any atom is -0.393 e. The molecule has 2 bridgehead atoms. The Kier molecular flexibility index (Phi) is 7.00. The van der Waals surface area contributed by atoms with Crippen LogP contribution in [0, 0.1) is 5.92 Å². The van der Waals surface area contributed by atoms with Crippen LogP contribution in [-0.2, 0) is 0 Å². The predicted octanol–water partition coefficient (Wildman–Crippen LogP) is 4.73. The van der Waals surface area contributed by atoms with Crippen LogP contribution in [0.25, 0.3) is 0 Å². The number of fused-ring (bicyclic) bond motifs is 1. The zero-order valence-electron chi connectivity index (χ0n) is 11.9. The largest absolute Gasteiger partial charge is 0.393 e. The topological polar surface area (TPSA) is 23.5 Å². The van der Waals surface area contributed by atoms with E-state index >= 15 is 0 Å². The molecule has 0 radical (unpaired) electrons.